The number of aryl methyl sites for hydroxylation is 3. The molecule has 0 fully saturated rings. The van der Waals surface area contributed by atoms with Gasteiger partial charge in [0.05, 0.1) is 5.69 Å². The average Bonchev–Trinajstić information content (AvgIpc) is 2.31. The maximum absolute atomic E-state index is 5.92. The number of nitrogen functional groups attached to an aromatic ring is 1. The number of anilines is 1. The van der Waals surface area contributed by atoms with Crippen LogP contribution in [0.1, 0.15) is 22.4 Å². The third-order valence-corrected chi connectivity index (χ3v) is 3.21. The van der Waals surface area contributed by atoms with Crippen molar-refractivity contribution >= 4 is 17.3 Å². The van der Waals surface area contributed by atoms with Crippen molar-refractivity contribution in [2.24, 2.45) is 0 Å². The highest BCUT2D eigenvalue weighted by molar-refractivity contribution is 6.28. The molecule has 0 amide bonds. The predicted molar refractivity (Wildman–Crippen MR) is 76.9 cm³/mol. The van der Waals surface area contributed by atoms with Crippen molar-refractivity contribution < 1.29 is 4.74 Å². The molecule has 1 aromatic carbocycles. The summed E-state index contributed by atoms with van der Waals surface area (Å²) < 4.78 is 5.80. The molecule has 0 aliphatic carbocycles. The van der Waals surface area contributed by atoms with Crippen molar-refractivity contribution in [3.8, 4) is 11.6 Å². The minimum atomic E-state index is 0.128. The molecule has 0 atom stereocenters. The summed E-state index contributed by atoms with van der Waals surface area (Å²) in [7, 11) is 0. The lowest BCUT2D eigenvalue weighted by molar-refractivity contribution is 0.459. The molecule has 0 unspecified atom stereocenters. The van der Waals surface area contributed by atoms with E-state index in [0.717, 1.165) is 22.4 Å². The van der Waals surface area contributed by atoms with E-state index in [0.29, 0.717) is 17.3 Å². The highest BCUT2D eigenvalue weighted by Gasteiger charge is 2.12. The third-order valence-electron chi connectivity index (χ3n) is 3.04. The highest BCUT2D eigenvalue weighted by Crippen LogP contribution is 2.31. The molecule has 19 heavy (non-hydrogen) atoms. The van der Waals surface area contributed by atoms with E-state index in [1.165, 1.54) is 0 Å². The second-order valence-electron chi connectivity index (χ2n) is 4.60. The van der Waals surface area contributed by atoms with Crippen molar-refractivity contribution in [2.75, 3.05) is 5.73 Å². The molecule has 0 radical (unpaired) electrons. The molecule has 0 saturated heterocycles. The van der Waals surface area contributed by atoms with E-state index in [-0.39, 0.29) is 5.28 Å². The molecule has 1 aromatic heterocycles. The molecule has 0 spiro atoms. The molecular formula is C14H16ClN3O. The van der Waals surface area contributed by atoms with Crippen LogP contribution in [0.3, 0.4) is 0 Å². The van der Waals surface area contributed by atoms with Gasteiger partial charge in [-0.2, -0.15) is 4.98 Å². The number of nitrogens with two attached hydrogens (primary N) is 1. The third kappa shape index (κ3) is 2.79. The lowest BCUT2D eigenvalue weighted by atomic mass is 10.1. The second-order valence-corrected chi connectivity index (χ2v) is 4.94. The number of halogens is 1. The van der Waals surface area contributed by atoms with Gasteiger partial charge in [-0.25, -0.2) is 4.98 Å². The molecule has 2 N–H and O–H groups in total. The molecule has 1 heterocycles. The van der Waals surface area contributed by atoms with E-state index >= 15 is 0 Å². The van der Waals surface area contributed by atoms with Gasteiger partial charge in [0.25, 0.3) is 0 Å². The maximum atomic E-state index is 5.92. The molecule has 2 rings (SSSR count). The van der Waals surface area contributed by atoms with E-state index in [1.54, 1.807) is 6.92 Å². The van der Waals surface area contributed by atoms with Crippen molar-refractivity contribution in [3.05, 3.63) is 39.8 Å². The summed E-state index contributed by atoms with van der Waals surface area (Å²) in [4.78, 5) is 8.02. The first-order chi connectivity index (χ1) is 8.88. The van der Waals surface area contributed by atoms with Gasteiger partial charge in [-0.15, -0.1) is 0 Å². The van der Waals surface area contributed by atoms with E-state index in [2.05, 4.69) is 16.0 Å². The molecular weight excluding hydrogens is 262 g/mol. The van der Waals surface area contributed by atoms with Gasteiger partial charge in [0.15, 0.2) is 0 Å². The zero-order valence-electron chi connectivity index (χ0n) is 11.4. The molecule has 0 aliphatic heterocycles. The summed E-state index contributed by atoms with van der Waals surface area (Å²) in [6, 6.07) is 4.05. The van der Waals surface area contributed by atoms with Crippen LogP contribution in [-0.2, 0) is 0 Å². The summed E-state index contributed by atoms with van der Waals surface area (Å²) >= 11 is 5.83. The lowest BCUT2D eigenvalue weighted by Gasteiger charge is -2.13. The van der Waals surface area contributed by atoms with Crippen LogP contribution in [0, 0.1) is 27.7 Å². The van der Waals surface area contributed by atoms with Gasteiger partial charge < -0.3 is 10.5 Å². The summed E-state index contributed by atoms with van der Waals surface area (Å²) in [6.07, 6.45) is 0. The Hall–Kier alpha value is -1.81. The fourth-order valence-electron chi connectivity index (χ4n) is 1.81. The van der Waals surface area contributed by atoms with E-state index in [9.17, 15) is 0 Å². The molecule has 0 aliphatic rings. The summed E-state index contributed by atoms with van der Waals surface area (Å²) in [5.41, 5.74) is 10.3. The maximum Gasteiger partial charge on any atom is 0.247 e. The van der Waals surface area contributed by atoms with Crippen LogP contribution in [-0.4, -0.2) is 9.97 Å². The Balaban J connectivity index is 2.47. The Morgan fingerprint density at radius 3 is 2.47 bits per heavy atom. The SMILES string of the molecule is Cc1cc(C)c(C)c(Oc2nc(Cl)nc(C)c2N)c1. The summed E-state index contributed by atoms with van der Waals surface area (Å²) in [5.74, 6) is 1.03. The first-order valence-electron chi connectivity index (χ1n) is 5.94. The zero-order chi connectivity index (χ0) is 14.2. The smallest absolute Gasteiger partial charge is 0.247 e. The van der Waals surface area contributed by atoms with Gasteiger partial charge in [0.1, 0.15) is 11.4 Å². The standard InChI is InChI=1S/C14H16ClN3O/c1-7-5-8(2)9(3)11(6-7)19-13-12(16)10(4)17-14(15)18-13/h5-6H,16H2,1-4H3. The van der Waals surface area contributed by atoms with Crippen LogP contribution in [0.15, 0.2) is 12.1 Å². The molecule has 4 nitrogen and oxygen atoms in total. The lowest BCUT2D eigenvalue weighted by Crippen LogP contribution is -2.02. The first-order valence-corrected chi connectivity index (χ1v) is 6.31. The molecule has 0 bridgehead atoms. The van der Waals surface area contributed by atoms with Crippen LogP contribution in [0.25, 0.3) is 0 Å². The molecule has 2 aromatic rings. The Morgan fingerprint density at radius 2 is 1.79 bits per heavy atom. The quantitative estimate of drug-likeness (QED) is 0.850. The van der Waals surface area contributed by atoms with Gasteiger partial charge in [0, 0.05) is 0 Å². The van der Waals surface area contributed by atoms with E-state index in [1.807, 2.05) is 26.8 Å². The average molecular weight is 278 g/mol. The number of rotatable bonds is 2. The van der Waals surface area contributed by atoms with Crippen molar-refractivity contribution in [1.82, 2.24) is 9.97 Å². The summed E-state index contributed by atoms with van der Waals surface area (Å²) in [5, 5.41) is 0.128. The Kier molecular flexibility index (Phi) is 3.62. The second kappa shape index (κ2) is 5.05. The predicted octanol–water partition coefficient (Wildman–Crippen LogP) is 3.74. The highest BCUT2D eigenvalue weighted by atomic mass is 35.5. The fourth-order valence-corrected chi connectivity index (χ4v) is 2.01. The largest absolute Gasteiger partial charge is 0.437 e. The van der Waals surface area contributed by atoms with Crippen molar-refractivity contribution in [1.29, 1.82) is 0 Å². The minimum absolute atomic E-state index is 0.128. The van der Waals surface area contributed by atoms with E-state index < -0.39 is 0 Å². The molecule has 5 heteroatoms. The number of ether oxygens (including phenoxy) is 1. The minimum Gasteiger partial charge on any atom is -0.437 e. The number of nitrogens with zero attached hydrogens (tertiary/aromatic N) is 2. The van der Waals surface area contributed by atoms with Gasteiger partial charge in [-0.3, -0.25) is 0 Å². The van der Waals surface area contributed by atoms with Crippen LogP contribution in [0.5, 0.6) is 11.6 Å². The van der Waals surface area contributed by atoms with Gasteiger partial charge in [-0.1, -0.05) is 6.07 Å². The van der Waals surface area contributed by atoms with Crippen LogP contribution >= 0.6 is 11.6 Å². The van der Waals surface area contributed by atoms with Gasteiger partial charge >= 0.3 is 0 Å². The van der Waals surface area contributed by atoms with Crippen molar-refractivity contribution in [2.45, 2.75) is 27.7 Å². The Morgan fingerprint density at radius 1 is 1.11 bits per heavy atom. The number of hydrogen-bond acceptors (Lipinski definition) is 4. The fraction of sp³-hybridized carbons (Fsp3) is 0.286. The number of hydrogen-bond donors (Lipinski definition) is 1. The van der Waals surface area contributed by atoms with Crippen LogP contribution in [0.4, 0.5) is 5.69 Å². The normalized spacial score (nSPS) is 10.6. The monoisotopic (exact) mass is 277 g/mol. The van der Waals surface area contributed by atoms with Crippen molar-refractivity contribution in [3.63, 3.8) is 0 Å². The summed E-state index contributed by atoms with van der Waals surface area (Å²) in [6.45, 7) is 7.82. The van der Waals surface area contributed by atoms with Crippen LogP contribution < -0.4 is 10.5 Å². The topological polar surface area (TPSA) is 61.0 Å². The van der Waals surface area contributed by atoms with Gasteiger partial charge in [0.2, 0.25) is 11.2 Å². The Bertz CT molecular complexity index is 586. The van der Waals surface area contributed by atoms with Gasteiger partial charge in [-0.05, 0) is 62.1 Å². The molecule has 100 valence electrons. The zero-order valence-corrected chi connectivity index (χ0v) is 12.2. The van der Waals surface area contributed by atoms with E-state index in [4.69, 9.17) is 22.1 Å². The first kappa shape index (κ1) is 13.6. The number of aromatic nitrogens is 2. The van der Waals surface area contributed by atoms with Crippen LogP contribution in [0.2, 0.25) is 5.28 Å². The Labute approximate surface area is 117 Å². The number of benzene rings is 1. The molecule has 0 saturated carbocycles.